The molecule has 0 aliphatic carbocycles. The molecule has 31 heavy (non-hydrogen) atoms. The highest BCUT2D eigenvalue weighted by Gasteiger charge is 2.22. The molecule has 1 N–H and O–H groups in total. The molecule has 1 aromatic heterocycles. The van der Waals surface area contributed by atoms with E-state index in [0.717, 1.165) is 21.8 Å². The van der Waals surface area contributed by atoms with Crippen LogP contribution in [0.3, 0.4) is 0 Å². The Bertz CT molecular complexity index is 1090. The molecule has 0 radical (unpaired) electrons. The Balaban J connectivity index is 1.75. The van der Waals surface area contributed by atoms with Gasteiger partial charge < -0.3 is 10.2 Å². The quantitative estimate of drug-likeness (QED) is 0.562. The number of likely N-dealkylation sites (N-methyl/N-ethyl adjacent to an activating group) is 1. The first-order valence-corrected chi connectivity index (χ1v) is 11.3. The molecule has 0 saturated carbocycles. The van der Waals surface area contributed by atoms with Crippen LogP contribution in [0, 0.1) is 6.92 Å². The van der Waals surface area contributed by atoms with Crippen LogP contribution in [0.25, 0.3) is 5.69 Å². The molecule has 1 heterocycles. The number of benzene rings is 2. The van der Waals surface area contributed by atoms with Crippen molar-refractivity contribution in [3.8, 4) is 5.69 Å². The van der Waals surface area contributed by atoms with E-state index in [2.05, 4.69) is 29.2 Å². The van der Waals surface area contributed by atoms with Crippen molar-refractivity contribution in [1.29, 1.82) is 0 Å². The van der Waals surface area contributed by atoms with Crippen LogP contribution in [0.15, 0.2) is 53.4 Å². The molecule has 3 aromatic rings. The normalized spacial score (nSPS) is 10.9. The van der Waals surface area contributed by atoms with E-state index in [9.17, 15) is 9.59 Å². The lowest BCUT2D eigenvalue weighted by Gasteiger charge is -2.16. The van der Waals surface area contributed by atoms with Crippen LogP contribution in [0.5, 0.6) is 0 Å². The second-order valence-corrected chi connectivity index (χ2v) is 8.37. The van der Waals surface area contributed by atoms with Gasteiger partial charge in [-0.25, -0.2) is 9.67 Å². The topological polar surface area (TPSA) is 80.1 Å². The third-order valence-electron chi connectivity index (χ3n) is 4.86. The number of aryl methyl sites for hydroxylation is 1. The maximum absolute atomic E-state index is 12.9. The zero-order chi connectivity index (χ0) is 22.5. The Labute approximate surface area is 186 Å². The fraction of sp³-hybridized carbons (Fsp3) is 0.304. The van der Waals surface area contributed by atoms with Crippen molar-refractivity contribution >= 4 is 29.3 Å². The summed E-state index contributed by atoms with van der Waals surface area (Å²) >= 11 is 1.55. The summed E-state index contributed by atoms with van der Waals surface area (Å²) in [5.41, 5.74) is 2.75. The number of nitrogens with one attached hydrogen (secondary N) is 1. The van der Waals surface area contributed by atoms with Gasteiger partial charge in [-0.05, 0) is 42.9 Å². The fourth-order valence-electron chi connectivity index (χ4n) is 3.27. The van der Waals surface area contributed by atoms with Gasteiger partial charge >= 0.3 is 0 Å². The maximum Gasteiger partial charge on any atom is 0.293 e. The Kier molecular flexibility index (Phi) is 7.12. The molecule has 2 aromatic carbocycles. The Morgan fingerprint density at radius 2 is 1.81 bits per heavy atom. The molecule has 8 heteroatoms. The molecule has 162 valence electrons. The van der Waals surface area contributed by atoms with E-state index < -0.39 is 5.91 Å². The average molecular weight is 438 g/mol. The molecule has 0 bridgehead atoms. The minimum atomic E-state index is -0.405. The van der Waals surface area contributed by atoms with E-state index in [1.54, 1.807) is 23.5 Å². The van der Waals surface area contributed by atoms with Crippen molar-refractivity contribution in [3.63, 3.8) is 0 Å². The highest BCUT2D eigenvalue weighted by molar-refractivity contribution is 7.98. The number of carbonyl (C=O) groups excluding carboxylic acids is 2. The molecule has 0 atom stereocenters. The first-order chi connectivity index (χ1) is 14.8. The molecule has 0 fully saturated rings. The largest absolute Gasteiger partial charge is 0.330 e. The lowest BCUT2D eigenvalue weighted by atomic mass is 10.0. The van der Waals surface area contributed by atoms with Crippen LogP contribution in [0.2, 0.25) is 0 Å². The van der Waals surface area contributed by atoms with Crippen molar-refractivity contribution in [2.45, 2.75) is 31.6 Å². The number of rotatable bonds is 7. The van der Waals surface area contributed by atoms with Crippen LogP contribution in [-0.2, 0) is 4.79 Å². The van der Waals surface area contributed by atoms with E-state index in [1.807, 2.05) is 61.7 Å². The molecule has 0 aliphatic rings. The number of amides is 2. The molecule has 0 saturated heterocycles. The van der Waals surface area contributed by atoms with Gasteiger partial charge in [-0.15, -0.1) is 16.9 Å². The van der Waals surface area contributed by atoms with Crippen molar-refractivity contribution in [2.24, 2.45) is 0 Å². The lowest BCUT2D eigenvalue weighted by Crippen LogP contribution is -2.35. The van der Waals surface area contributed by atoms with Crippen molar-refractivity contribution in [2.75, 3.05) is 25.2 Å². The summed E-state index contributed by atoms with van der Waals surface area (Å²) in [7, 11) is 1.57. The van der Waals surface area contributed by atoms with Gasteiger partial charge in [0.2, 0.25) is 11.7 Å². The molecular weight excluding hydrogens is 410 g/mol. The van der Waals surface area contributed by atoms with E-state index in [4.69, 9.17) is 0 Å². The highest BCUT2D eigenvalue weighted by atomic mass is 32.2. The third kappa shape index (κ3) is 5.14. The Morgan fingerprint density at radius 3 is 2.52 bits per heavy atom. The van der Waals surface area contributed by atoms with Crippen LogP contribution >= 0.6 is 11.8 Å². The summed E-state index contributed by atoms with van der Waals surface area (Å²) in [6.45, 7) is 5.93. The molecule has 0 unspecified atom stereocenters. The Hall–Kier alpha value is -3.13. The summed E-state index contributed by atoms with van der Waals surface area (Å²) in [5, 5.41) is 7.30. The second kappa shape index (κ2) is 9.78. The van der Waals surface area contributed by atoms with Crippen LogP contribution in [-0.4, -0.2) is 51.3 Å². The monoisotopic (exact) mass is 437 g/mol. The molecule has 3 rings (SSSR count). The van der Waals surface area contributed by atoms with Crippen LogP contribution in [0.1, 0.15) is 41.8 Å². The number of hydrogen-bond donors (Lipinski definition) is 1. The van der Waals surface area contributed by atoms with Gasteiger partial charge in [0.25, 0.3) is 5.91 Å². The van der Waals surface area contributed by atoms with Gasteiger partial charge in [-0.1, -0.05) is 44.2 Å². The highest BCUT2D eigenvalue weighted by Crippen LogP contribution is 2.25. The summed E-state index contributed by atoms with van der Waals surface area (Å²) in [6.07, 6.45) is 1.95. The first-order valence-electron chi connectivity index (χ1n) is 10.0. The fourth-order valence-corrected chi connectivity index (χ4v) is 3.83. The summed E-state index contributed by atoms with van der Waals surface area (Å²) < 4.78 is 1.69. The minimum Gasteiger partial charge on any atom is -0.330 e. The number of anilines is 1. The van der Waals surface area contributed by atoms with Gasteiger partial charge in [0.15, 0.2) is 0 Å². The molecule has 0 spiro atoms. The van der Waals surface area contributed by atoms with E-state index in [-0.39, 0.29) is 18.3 Å². The second-order valence-electron chi connectivity index (χ2n) is 7.52. The smallest absolute Gasteiger partial charge is 0.293 e. The van der Waals surface area contributed by atoms with Crippen molar-refractivity contribution in [1.82, 2.24) is 19.7 Å². The maximum atomic E-state index is 12.9. The van der Waals surface area contributed by atoms with E-state index in [1.165, 1.54) is 4.90 Å². The average Bonchev–Trinajstić information content (AvgIpc) is 3.14. The van der Waals surface area contributed by atoms with Crippen LogP contribution < -0.4 is 5.32 Å². The zero-order valence-corrected chi connectivity index (χ0v) is 19.2. The summed E-state index contributed by atoms with van der Waals surface area (Å²) in [6, 6.07) is 15.5. The number of aromatic nitrogens is 3. The van der Waals surface area contributed by atoms with Gasteiger partial charge in [-0.3, -0.25) is 9.59 Å². The van der Waals surface area contributed by atoms with Gasteiger partial charge in [0.05, 0.1) is 17.9 Å². The minimum absolute atomic E-state index is 0.0656. The van der Waals surface area contributed by atoms with Crippen LogP contribution in [0.4, 0.5) is 5.69 Å². The first kappa shape index (κ1) is 22.6. The third-order valence-corrected chi connectivity index (χ3v) is 5.65. The van der Waals surface area contributed by atoms with E-state index >= 15 is 0 Å². The predicted octanol–water partition coefficient (Wildman–Crippen LogP) is 4.13. The van der Waals surface area contributed by atoms with E-state index in [0.29, 0.717) is 11.7 Å². The van der Waals surface area contributed by atoms with Gasteiger partial charge in [0.1, 0.15) is 5.82 Å². The predicted molar refractivity (Wildman–Crippen MR) is 124 cm³/mol. The SMILES string of the molecule is CSc1ccccc1NC(=O)CN(C)C(=O)c1nc(C)n(-c2ccccc2C(C)C)n1. The molecule has 2 amide bonds. The van der Waals surface area contributed by atoms with Crippen molar-refractivity contribution < 1.29 is 9.59 Å². The van der Waals surface area contributed by atoms with Gasteiger partial charge in [0, 0.05) is 11.9 Å². The number of thioether (sulfide) groups is 1. The van der Waals surface area contributed by atoms with Crippen molar-refractivity contribution in [3.05, 3.63) is 65.7 Å². The summed E-state index contributed by atoms with van der Waals surface area (Å²) in [4.78, 5) is 32.0. The lowest BCUT2D eigenvalue weighted by molar-refractivity contribution is -0.116. The Morgan fingerprint density at radius 1 is 1.13 bits per heavy atom. The number of carbonyl (C=O) groups is 2. The number of para-hydroxylation sites is 2. The zero-order valence-electron chi connectivity index (χ0n) is 18.4. The van der Waals surface area contributed by atoms with Gasteiger partial charge in [-0.2, -0.15) is 0 Å². The number of nitrogens with zero attached hydrogens (tertiary/aromatic N) is 4. The number of hydrogen-bond acceptors (Lipinski definition) is 5. The molecular formula is C23H27N5O2S. The molecule has 7 nitrogen and oxygen atoms in total. The summed E-state index contributed by atoms with van der Waals surface area (Å²) in [5.74, 6) is 0.296. The molecule has 0 aliphatic heterocycles. The standard InChI is InChI=1S/C23H27N5O2S/c1-15(2)17-10-6-8-12-19(17)28-16(3)24-22(26-28)23(30)27(4)14-21(29)25-18-11-7-9-13-20(18)31-5/h6-13,15H,14H2,1-5H3,(H,25,29).